The standard InChI is InChI=1S/C17H25FN2O3S/c1-3-11-24(22,23)20-10-6-8-15(13-20)17(21)19(2)12-14-7-4-5-9-16(14)18/h4-5,7,9,15H,3,6,8,10-13H2,1-2H3. The third kappa shape index (κ3) is 4.54. The van der Waals surface area contributed by atoms with Gasteiger partial charge in [-0.3, -0.25) is 4.79 Å². The first-order valence-corrected chi connectivity index (χ1v) is 9.92. The SMILES string of the molecule is CCCS(=O)(=O)N1CCCC(C(=O)N(C)Cc2ccccc2F)C1. The lowest BCUT2D eigenvalue weighted by Crippen LogP contribution is -2.46. The minimum absolute atomic E-state index is 0.110. The first-order valence-electron chi connectivity index (χ1n) is 8.31. The molecular weight excluding hydrogens is 331 g/mol. The van der Waals surface area contributed by atoms with E-state index in [0.29, 0.717) is 31.4 Å². The van der Waals surface area contributed by atoms with Gasteiger partial charge in [0.2, 0.25) is 15.9 Å². The van der Waals surface area contributed by atoms with Crippen LogP contribution in [0.4, 0.5) is 4.39 Å². The Balaban J connectivity index is 2.02. The van der Waals surface area contributed by atoms with Crippen molar-refractivity contribution in [2.75, 3.05) is 25.9 Å². The molecule has 7 heteroatoms. The summed E-state index contributed by atoms with van der Waals surface area (Å²) in [4.78, 5) is 14.1. The predicted molar refractivity (Wildman–Crippen MR) is 91.2 cm³/mol. The summed E-state index contributed by atoms with van der Waals surface area (Å²) in [7, 11) is -1.66. The van der Waals surface area contributed by atoms with Crippen LogP contribution in [0.3, 0.4) is 0 Å². The van der Waals surface area contributed by atoms with Crippen LogP contribution in [0.2, 0.25) is 0 Å². The summed E-state index contributed by atoms with van der Waals surface area (Å²) < 4.78 is 39.6. The van der Waals surface area contributed by atoms with Crippen molar-refractivity contribution in [1.29, 1.82) is 0 Å². The van der Waals surface area contributed by atoms with Crippen LogP contribution >= 0.6 is 0 Å². The molecule has 0 spiro atoms. The summed E-state index contributed by atoms with van der Waals surface area (Å²) in [6.45, 7) is 2.71. The molecule has 134 valence electrons. The van der Waals surface area contributed by atoms with Gasteiger partial charge in [0.15, 0.2) is 0 Å². The average Bonchev–Trinajstić information content (AvgIpc) is 2.56. The first-order chi connectivity index (χ1) is 11.3. The number of halogens is 1. The maximum Gasteiger partial charge on any atom is 0.227 e. The van der Waals surface area contributed by atoms with Crippen molar-refractivity contribution >= 4 is 15.9 Å². The average molecular weight is 356 g/mol. The van der Waals surface area contributed by atoms with E-state index in [0.717, 1.165) is 0 Å². The van der Waals surface area contributed by atoms with Crippen LogP contribution in [0.15, 0.2) is 24.3 Å². The zero-order chi connectivity index (χ0) is 17.7. The molecule has 1 atom stereocenters. The first kappa shape index (κ1) is 18.9. The van der Waals surface area contributed by atoms with Crippen molar-refractivity contribution < 1.29 is 17.6 Å². The topological polar surface area (TPSA) is 57.7 Å². The number of amides is 1. The number of piperidine rings is 1. The third-order valence-corrected chi connectivity index (χ3v) is 6.37. The highest BCUT2D eigenvalue weighted by molar-refractivity contribution is 7.89. The predicted octanol–water partition coefficient (Wildman–Crippen LogP) is 2.24. The Bertz CT molecular complexity index is 678. The number of benzene rings is 1. The van der Waals surface area contributed by atoms with E-state index in [1.54, 1.807) is 25.2 Å². The Morgan fingerprint density at radius 2 is 2.08 bits per heavy atom. The van der Waals surface area contributed by atoms with Crippen molar-refractivity contribution in [3.05, 3.63) is 35.6 Å². The number of sulfonamides is 1. The molecule has 1 aromatic carbocycles. The maximum atomic E-state index is 13.7. The molecular formula is C17H25FN2O3S. The Hall–Kier alpha value is -1.47. The lowest BCUT2D eigenvalue weighted by atomic mass is 9.98. The molecule has 2 rings (SSSR count). The second-order valence-electron chi connectivity index (χ2n) is 6.30. The van der Waals surface area contributed by atoms with Gasteiger partial charge in [0.25, 0.3) is 0 Å². The van der Waals surface area contributed by atoms with Crippen molar-refractivity contribution in [2.24, 2.45) is 5.92 Å². The highest BCUT2D eigenvalue weighted by Gasteiger charge is 2.33. The maximum absolute atomic E-state index is 13.7. The van der Waals surface area contributed by atoms with Gasteiger partial charge in [-0.1, -0.05) is 25.1 Å². The molecule has 1 fully saturated rings. The van der Waals surface area contributed by atoms with Gasteiger partial charge in [0.1, 0.15) is 5.82 Å². The fourth-order valence-electron chi connectivity index (χ4n) is 3.06. The number of nitrogens with zero attached hydrogens (tertiary/aromatic N) is 2. The second-order valence-corrected chi connectivity index (χ2v) is 8.39. The molecule has 0 saturated carbocycles. The molecule has 1 aliphatic heterocycles. The van der Waals surface area contributed by atoms with E-state index in [2.05, 4.69) is 0 Å². The number of rotatable bonds is 6. The Morgan fingerprint density at radius 1 is 1.38 bits per heavy atom. The van der Waals surface area contributed by atoms with Crippen molar-refractivity contribution in [1.82, 2.24) is 9.21 Å². The van der Waals surface area contributed by atoms with Gasteiger partial charge in [-0.15, -0.1) is 0 Å². The van der Waals surface area contributed by atoms with Crippen molar-refractivity contribution in [3.8, 4) is 0 Å². The fourth-order valence-corrected chi connectivity index (χ4v) is 4.64. The molecule has 0 radical (unpaired) electrons. The lowest BCUT2D eigenvalue weighted by Gasteiger charge is -2.33. The van der Waals surface area contributed by atoms with E-state index in [-0.39, 0.29) is 36.5 Å². The van der Waals surface area contributed by atoms with Gasteiger partial charge in [-0.05, 0) is 25.3 Å². The third-order valence-electron chi connectivity index (χ3n) is 4.33. The lowest BCUT2D eigenvalue weighted by molar-refractivity contribution is -0.135. The van der Waals surface area contributed by atoms with Crippen LogP contribution in [0.5, 0.6) is 0 Å². The van der Waals surface area contributed by atoms with Crippen molar-refractivity contribution in [3.63, 3.8) is 0 Å². The summed E-state index contributed by atoms with van der Waals surface area (Å²) in [6, 6.07) is 6.36. The molecule has 5 nitrogen and oxygen atoms in total. The van der Waals surface area contributed by atoms with Gasteiger partial charge in [-0.2, -0.15) is 0 Å². The van der Waals surface area contributed by atoms with E-state index in [1.165, 1.54) is 15.3 Å². The van der Waals surface area contributed by atoms with Gasteiger partial charge in [0.05, 0.1) is 11.7 Å². The molecule has 0 bridgehead atoms. The molecule has 0 aliphatic carbocycles. The molecule has 1 aliphatic rings. The number of carbonyl (C=O) groups is 1. The van der Waals surface area contributed by atoms with E-state index < -0.39 is 10.0 Å². The van der Waals surface area contributed by atoms with E-state index in [1.807, 2.05) is 6.92 Å². The Kier molecular flexibility index (Phi) is 6.34. The smallest absolute Gasteiger partial charge is 0.227 e. The van der Waals surface area contributed by atoms with E-state index >= 15 is 0 Å². The van der Waals surface area contributed by atoms with Crippen LogP contribution in [0, 0.1) is 11.7 Å². The van der Waals surface area contributed by atoms with Crippen LogP contribution in [-0.4, -0.2) is 49.4 Å². The molecule has 1 aromatic rings. The van der Waals surface area contributed by atoms with Gasteiger partial charge < -0.3 is 4.90 Å². The minimum atomic E-state index is -3.29. The zero-order valence-electron chi connectivity index (χ0n) is 14.2. The molecule has 0 aromatic heterocycles. The van der Waals surface area contributed by atoms with Crippen molar-refractivity contribution in [2.45, 2.75) is 32.7 Å². The minimum Gasteiger partial charge on any atom is -0.341 e. The zero-order valence-corrected chi connectivity index (χ0v) is 15.1. The van der Waals surface area contributed by atoms with E-state index in [4.69, 9.17) is 0 Å². The molecule has 1 amide bonds. The molecule has 1 unspecified atom stereocenters. The molecule has 0 N–H and O–H groups in total. The summed E-state index contributed by atoms with van der Waals surface area (Å²) in [5.41, 5.74) is 0.458. The summed E-state index contributed by atoms with van der Waals surface area (Å²) >= 11 is 0. The van der Waals surface area contributed by atoms with Crippen LogP contribution < -0.4 is 0 Å². The number of carbonyl (C=O) groups excluding carboxylic acids is 1. The van der Waals surface area contributed by atoms with E-state index in [9.17, 15) is 17.6 Å². The summed E-state index contributed by atoms with van der Waals surface area (Å²) in [6.07, 6.45) is 1.90. The van der Waals surface area contributed by atoms with Gasteiger partial charge in [-0.25, -0.2) is 17.1 Å². The Labute approximate surface area is 143 Å². The second kappa shape index (κ2) is 8.07. The van der Waals surface area contributed by atoms with Crippen LogP contribution in [0.1, 0.15) is 31.7 Å². The molecule has 1 saturated heterocycles. The van der Waals surface area contributed by atoms with Gasteiger partial charge >= 0.3 is 0 Å². The number of hydrogen-bond acceptors (Lipinski definition) is 3. The number of hydrogen-bond donors (Lipinski definition) is 0. The summed E-state index contributed by atoms with van der Waals surface area (Å²) in [5, 5.41) is 0. The largest absolute Gasteiger partial charge is 0.341 e. The summed E-state index contributed by atoms with van der Waals surface area (Å²) in [5.74, 6) is -0.719. The quantitative estimate of drug-likeness (QED) is 0.785. The fraction of sp³-hybridized carbons (Fsp3) is 0.588. The van der Waals surface area contributed by atoms with Gasteiger partial charge in [0, 0.05) is 32.2 Å². The highest BCUT2D eigenvalue weighted by atomic mass is 32.2. The molecule has 1 heterocycles. The van der Waals surface area contributed by atoms with Crippen LogP contribution in [0.25, 0.3) is 0 Å². The molecule has 24 heavy (non-hydrogen) atoms. The monoisotopic (exact) mass is 356 g/mol. The normalized spacial score (nSPS) is 19.2. The van der Waals surface area contributed by atoms with Crippen LogP contribution in [-0.2, 0) is 21.4 Å². The Morgan fingerprint density at radius 3 is 2.75 bits per heavy atom. The highest BCUT2D eigenvalue weighted by Crippen LogP contribution is 2.22.